The van der Waals surface area contributed by atoms with Crippen LogP contribution in [0.2, 0.25) is 0 Å². The van der Waals surface area contributed by atoms with Crippen LogP contribution in [0, 0.1) is 12.7 Å². The van der Waals surface area contributed by atoms with Crippen LogP contribution in [0.4, 0.5) is 10.1 Å². The summed E-state index contributed by atoms with van der Waals surface area (Å²) in [7, 11) is 1.49. The first-order valence-corrected chi connectivity index (χ1v) is 5.96. The molecular formula is C15H16FNO2. The molecule has 0 aliphatic heterocycles. The van der Waals surface area contributed by atoms with Crippen LogP contribution in [0.25, 0.3) is 0 Å². The molecule has 0 saturated heterocycles. The Morgan fingerprint density at radius 1 is 1.26 bits per heavy atom. The molecule has 0 fully saturated rings. The smallest absolute Gasteiger partial charge is 0.160 e. The van der Waals surface area contributed by atoms with Crippen molar-refractivity contribution in [2.24, 2.45) is 0 Å². The molecule has 3 nitrogen and oxygen atoms in total. The molecule has 0 atom stereocenters. The molecule has 2 N–H and O–H groups in total. The molecule has 0 radical (unpaired) electrons. The molecule has 0 bridgehead atoms. The van der Waals surface area contributed by atoms with E-state index in [-0.39, 0.29) is 11.6 Å². The normalized spacial score (nSPS) is 10.3. The molecule has 0 heterocycles. The molecule has 2 aromatic carbocycles. The van der Waals surface area contributed by atoms with Crippen LogP contribution >= 0.6 is 0 Å². The lowest BCUT2D eigenvalue weighted by Crippen LogP contribution is -2.03. The summed E-state index contributed by atoms with van der Waals surface area (Å²) in [6, 6.07) is 10.00. The average molecular weight is 261 g/mol. The summed E-state index contributed by atoms with van der Waals surface area (Å²) in [6.07, 6.45) is 0. The third-order valence-electron chi connectivity index (χ3n) is 2.94. The van der Waals surface area contributed by atoms with Crippen molar-refractivity contribution in [3.8, 4) is 11.5 Å². The van der Waals surface area contributed by atoms with Crippen molar-refractivity contribution in [2.75, 3.05) is 12.4 Å². The fourth-order valence-electron chi connectivity index (χ4n) is 1.88. The van der Waals surface area contributed by atoms with Gasteiger partial charge in [0.2, 0.25) is 0 Å². The SMILES string of the molecule is COc1cc(CNc2c(C)cccc2F)ccc1O. The second-order valence-corrected chi connectivity index (χ2v) is 4.29. The standard InChI is InChI=1S/C15H16FNO2/c1-10-4-3-5-12(16)15(10)17-9-11-6-7-13(18)14(8-11)19-2/h3-8,17-18H,9H2,1-2H3. The molecule has 0 aromatic heterocycles. The molecule has 0 aliphatic carbocycles. The highest BCUT2D eigenvalue weighted by Gasteiger charge is 2.06. The van der Waals surface area contributed by atoms with E-state index in [1.807, 2.05) is 13.0 Å². The highest BCUT2D eigenvalue weighted by atomic mass is 19.1. The van der Waals surface area contributed by atoms with Gasteiger partial charge in [-0.1, -0.05) is 18.2 Å². The van der Waals surface area contributed by atoms with Crippen LogP contribution in [-0.4, -0.2) is 12.2 Å². The number of hydrogen-bond acceptors (Lipinski definition) is 3. The van der Waals surface area contributed by atoms with Gasteiger partial charge < -0.3 is 15.2 Å². The Kier molecular flexibility index (Phi) is 3.90. The molecule has 4 heteroatoms. The minimum Gasteiger partial charge on any atom is -0.504 e. The van der Waals surface area contributed by atoms with Gasteiger partial charge in [0, 0.05) is 6.54 Å². The zero-order valence-corrected chi connectivity index (χ0v) is 10.9. The Bertz CT molecular complexity index is 564. The maximum atomic E-state index is 13.6. The number of aromatic hydroxyl groups is 1. The van der Waals surface area contributed by atoms with E-state index < -0.39 is 0 Å². The Hall–Kier alpha value is -2.23. The first kappa shape index (κ1) is 13.2. The molecule has 0 spiro atoms. The second kappa shape index (κ2) is 5.61. The number of benzene rings is 2. The molecule has 2 aromatic rings. The van der Waals surface area contributed by atoms with Crippen molar-refractivity contribution in [1.29, 1.82) is 0 Å². The summed E-state index contributed by atoms with van der Waals surface area (Å²) >= 11 is 0. The van der Waals surface area contributed by atoms with Gasteiger partial charge in [-0.05, 0) is 36.2 Å². The molecule has 2 rings (SSSR count). The summed E-state index contributed by atoms with van der Waals surface area (Å²) in [6.45, 7) is 2.31. The van der Waals surface area contributed by atoms with E-state index in [9.17, 15) is 9.50 Å². The summed E-state index contributed by atoms with van der Waals surface area (Å²) < 4.78 is 18.7. The van der Waals surface area contributed by atoms with Gasteiger partial charge in [-0.15, -0.1) is 0 Å². The number of hydrogen-bond donors (Lipinski definition) is 2. The molecule has 0 unspecified atom stereocenters. The van der Waals surface area contributed by atoms with Crippen molar-refractivity contribution in [3.63, 3.8) is 0 Å². The van der Waals surface area contributed by atoms with Crippen molar-refractivity contribution in [3.05, 3.63) is 53.3 Å². The van der Waals surface area contributed by atoms with Gasteiger partial charge in [0.1, 0.15) is 5.82 Å². The number of aryl methyl sites for hydroxylation is 1. The van der Waals surface area contributed by atoms with Crippen LogP contribution in [0.15, 0.2) is 36.4 Å². The van der Waals surface area contributed by atoms with Gasteiger partial charge in [-0.25, -0.2) is 4.39 Å². The van der Waals surface area contributed by atoms with E-state index in [0.717, 1.165) is 11.1 Å². The molecule has 0 amide bonds. The summed E-state index contributed by atoms with van der Waals surface area (Å²) in [4.78, 5) is 0. The average Bonchev–Trinajstić information content (AvgIpc) is 2.40. The van der Waals surface area contributed by atoms with Crippen molar-refractivity contribution in [1.82, 2.24) is 0 Å². The van der Waals surface area contributed by atoms with Crippen LogP contribution in [0.1, 0.15) is 11.1 Å². The minimum absolute atomic E-state index is 0.0910. The maximum Gasteiger partial charge on any atom is 0.160 e. The number of phenols is 1. The first-order chi connectivity index (χ1) is 9.11. The van der Waals surface area contributed by atoms with Crippen LogP contribution < -0.4 is 10.1 Å². The summed E-state index contributed by atoms with van der Waals surface area (Å²) in [5, 5.41) is 12.6. The quantitative estimate of drug-likeness (QED) is 0.885. The summed E-state index contributed by atoms with van der Waals surface area (Å²) in [5.41, 5.74) is 2.25. The van der Waals surface area contributed by atoms with Crippen molar-refractivity contribution >= 4 is 5.69 Å². The molecule has 0 aliphatic rings. The Morgan fingerprint density at radius 3 is 2.74 bits per heavy atom. The number of methoxy groups -OCH3 is 1. The highest BCUT2D eigenvalue weighted by Crippen LogP contribution is 2.27. The van der Waals surface area contributed by atoms with E-state index in [1.54, 1.807) is 24.3 Å². The van der Waals surface area contributed by atoms with E-state index in [4.69, 9.17) is 4.74 Å². The van der Waals surface area contributed by atoms with E-state index in [1.165, 1.54) is 13.2 Å². The Balaban J connectivity index is 2.15. The Labute approximate surface area is 111 Å². The maximum absolute atomic E-state index is 13.6. The number of ether oxygens (including phenoxy) is 1. The summed E-state index contributed by atoms with van der Waals surface area (Å²) in [5.74, 6) is 0.226. The number of phenolic OH excluding ortho intramolecular Hbond substituents is 1. The van der Waals surface area contributed by atoms with Gasteiger partial charge in [-0.3, -0.25) is 0 Å². The van der Waals surface area contributed by atoms with Gasteiger partial charge in [0.05, 0.1) is 12.8 Å². The van der Waals surface area contributed by atoms with E-state index >= 15 is 0 Å². The number of rotatable bonds is 4. The third kappa shape index (κ3) is 2.96. The largest absolute Gasteiger partial charge is 0.504 e. The number of halogens is 1. The number of anilines is 1. The predicted octanol–water partition coefficient (Wildman–Crippen LogP) is 3.46. The zero-order chi connectivity index (χ0) is 13.8. The van der Waals surface area contributed by atoms with E-state index in [0.29, 0.717) is 18.0 Å². The van der Waals surface area contributed by atoms with Gasteiger partial charge in [0.25, 0.3) is 0 Å². The van der Waals surface area contributed by atoms with Crippen LogP contribution in [0.3, 0.4) is 0 Å². The topological polar surface area (TPSA) is 41.5 Å². The fraction of sp³-hybridized carbons (Fsp3) is 0.200. The Morgan fingerprint density at radius 2 is 2.05 bits per heavy atom. The second-order valence-electron chi connectivity index (χ2n) is 4.29. The lowest BCUT2D eigenvalue weighted by molar-refractivity contribution is 0.373. The lowest BCUT2D eigenvalue weighted by Gasteiger charge is -2.11. The molecule has 19 heavy (non-hydrogen) atoms. The first-order valence-electron chi connectivity index (χ1n) is 5.96. The zero-order valence-electron chi connectivity index (χ0n) is 10.9. The molecular weight excluding hydrogens is 245 g/mol. The van der Waals surface area contributed by atoms with Gasteiger partial charge in [0.15, 0.2) is 11.5 Å². The van der Waals surface area contributed by atoms with Crippen molar-refractivity contribution in [2.45, 2.75) is 13.5 Å². The van der Waals surface area contributed by atoms with Gasteiger partial charge in [-0.2, -0.15) is 0 Å². The fourth-order valence-corrected chi connectivity index (χ4v) is 1.88. The third-order valence-corrected chi connectivity index (χ3v) is 2.94. The van der Waals surface area contributed by atoms with Crippen LogP contribution in [-0.2, 0) is 6.54 Å². The lowest BCUT2D eigenvalue weighted by atomic mass is 10.1. The van der Waals surface area contributed by atoms with Crippen molar-refractivity contribution < 1.29 is 14.2 Å². The minimum atomic E-state index is -0.272. The predicted molar refractivity (Wildman–Crippen MR) is 73.1 cm³/mol. The van der Waals surface area contributed by atoms with Gasteiger partial charge >= 0.3 is 0 Å². The monoisotopic (exact) mass is 261 g/mol. The molecule has 0 saturated carbocycles. The number of para-hydroxylation sites is 1. The van der Waals surface area contributed by atoms with Crippen LogP contribution in [0.5, 0.6) is 11.5 Å². The highest BCUT2D eigenvalue weighted by molar-refractivity contribution is 5.52. The molecule has 100 valence electrons. The number of nitrogens with one attached hydrogen (secondary N) is 1. The van der Waals surface area contributed by atoms with E-state index in [2.05, 4.69) is 5.32 Å².